The lowest BCUT2D eigenvalue weighted by Crippen LogP contribution is -2.55. The first-order valence-electron chi connectivity index (χ1n) is 6.59. The molecule has 3 heteroatoms. The highest BCUT2D eigenvalue weighted by Gasteiger charge is 2.64. The van der Waals surface area contributed by atoms with Crippen molar-refractivity contribution in [3.8, 4) is 0 Å². The molecule has 0 amide bonds. The third-order valence-corrected chi connectivity index (χ3v) is 5.16. The fourth-order valence-corrected chi connectivity index (χ4v) is 3.83. The van der Waals surface area contributed by atoms with E-state index in [1.165, 1.54) is 0 Å². The molecule has 1 spiro atoms. The standard InChI is InChI=1S/C14H22O3/c1-12(2,15)10-4-5-11-9-17-13(3)6-7-16-14(11,13)8-10/h6-7,10-11,15H,4-5,8-9H2,1-3H3. The zero-order valence-corrected chi connectivity index (χ0v) is 10.9. The summed E-state index contributed by atoms with van der Waals surface area (Å²) in [5.74, 6) is 0.765. The van der Waals surface area contributed by atoms with Crippen molar-refractivity contribution < 1.29 is 14.6 Å². The smallest absolute Gasteiger partial charge is 0.146 e. The van der Waals surface area contributed by atoms with E-state index < -0.39 is 5.60 Å². The van der Waals surface area contributed by atoms with Crippen molar-refractivity contribution in [2.24, 2.45) is 11.8 Å². The van der Waals surface area contributed by atoms with E-state index in [2.05, 4.69) is 6.92 Å². The van der Waals surface area contributed by atoms with Crippen LogP contribution in [0.3, 0.4) is 0 Å². The zero-order valence-electron chi connectivity index (χ0n) is 10.9. The third kappa shape index (κ3) is 1.42. The molecule has 1 N–H and O–H groups in total. The molecule has 96 valence electrons. The second-order valence-electron chi connectivity index (χ2n) is 6.56. The molecule has 17 heavy (non-hydrogen) atoms. The fourth-order valence-electron chi connectivity index (χ4n) is 3.83. The van der Waals surface area contributed by atoms with Crippen LogP contribution in [0.25, 0.3) is 0 Å². The Bertz CT molecular complexity index is 357. The predicted molar refractivity (Wildman–Crippen MR) is 64.4 cm³/mol. The lowest BCUT2D eigenvalue weighted by atomic mass is 9.63. The zero-order chi connectivity index (χ0) is 12.3. The number of hydrogen-bond donors (Lipinski definition) is 1. The third-order valence-electron chi connectivity index (χ3n) is 5.16. The van der Waals surface area contributed by atoms with Gasteiger partial charge in [0.2, 0.25) is 0 Å². The highest BCUT2D eigenvalue weighted by molar-refractivity contribution is 5.23. The van der Waals surface area contributed by atoms with Crippen molar-refractivity contribution in [1.29, 1.82) is 0 Å². The van der Waals surface area contributed by atoms with Gasteiger partial charge in [0.1, 0.15) is 11.2 Å². The van der Waals surface area contributed by atoms with Crippen LogP contribution in [-0.4, -0.2) is 28.5 Å². The summed E-state index contributed by atoms with van der Waals surface area (Å²) in [5, 5.41) is 10.2. The minimum absolute atomic E-state index is 0.226. The second-order valence-corrected chi connectivity index (χ2v) is 6.56. The van der Waals surface area contributed by atoms with Gasteiger partial charge in [-0.25, -0.2) is 0 Å². The first-order valence-corrected chi connectivity index (χ1v) is 6.59. The molecular formula is C14H22O3. The van der Waals surface area contributed by atoms with E-state index in [0.29, 0.717) is 11.8 Å². The summed E-state index contributed by atoms with van der Waals surface area (Å²) in [5.41, 5.74) is -1.15. The molecule has 0 aromatic heterocycles. The average molecular weight is 238 g/mol. The number of ether oxygens (including phenoxy) is 2. The molecule has 1 saturated heterocycles. The average Bonchev–Trinajstić information content (AvgIpc) is 2.66. The Kier molecular flexibility index (Phi) is 2.22. The summed E-state index contributed by atoms with van der Waals surface area (Å²) in [6.45, 7) is 6.72. The lowest BCUT2D eigenvalue weighted by Gasteiger charge is -2.47. The fraction of sp³-hybridized carbons (Fsp3) is 0.857. The maximum absolute atomic E-state index is 10.2. The van der Waals surface area contributed by atoms with E-state index in [0.717, 1.165) is 25.9 Å². The van der Waals surface area contributed by atoms with Crippen molar-refractivity contribution in [3.63, 3.8) is 0 Å². The Morgan fingerprint density at radius 3 is 2.82 bits per heavy atom. The molecule has 3 aliphatic rings. The topological polar surface area (TPSA) is 38.7 Å². The molecule has 4 atom stereocenters. The molecule has 0 bridgehead atoms. The Morgan fingerprint density at radius 2 is 2.12 bits per heavy atom. The largest absolute Gasteiger partial charge is 0.491 e. The van der Waals surface area contributed by atoms with Crippen molar-refractivity contribution in [2.75, 3.05) is 6.61 Å². The van der Waals surface area contributed by atoms with Crippen LogP contribution in [0.5, 0.6) is 0 Å². The Morgan fingerprint density at radius 1 is 1.35 bits per heavy atom. The Balaban J connectivity index is 1.92. The van der Waals surface area contributed by atoms with Gasteiger partial charge in [-0.05, 0) is 52.0 Å². The molecule has 0 aromatic rings. The van der Waals surface area contributed by atoms with E-state index in [4.69, 9.17) is 9.47 Å². The van der Waals surface area contributed by atoms with E-state index in [1.807, 2.05) is 19.9 Å². The van der Waals surface area contributed by atoms with Gasteiger partial charge in [0.25, 0.3) is 0 Å². The van der Waals surface area contributed by atoms with Crippen molar-refractivity contribution in [2.45, 2.75) is 56.8 Å². The molecule has 0 aromatic carbocycles. The van der Waals surface area contributed by atoms with Gasteiger partial charge in [-0.15, -0.1) is 0 Å². The van der Waals surface area contributed by atoms with Gasteiger partial charge >= 0.3 is 0 Å². The summed E-state index contributed by atoms with van der Waals surface area (Å²) in [4.78, 5) is 0. The van der Waals surface area contributed by atoms with Gasteiger partial charge in [-0.1, -0.05) is 0 Å². The summed E-state index contributed by atoms with van der Waals surface area (Å²) >= 11 is 0. The molecule has 3 nitrogen and oxygen atoms in total. The van der Waals surface area contributed by atoms with Crippen LogP contribution in [-0.2, 0) is 9.47 Å². The SMILES string of the molecule is CC(C)(O)C1CCC2COC3(C)C=COC23C1. The molecule has 0 radical (unpaired) electrons. The van der Waals surface area contributed by atoms with Crippen LogP contribution in [0.4, 0.5) is 0 Å². The maximum atomic E-state index is 10.2. The highest BCUT2D eigenvalue weighted by Crippen LogP contribution is 2.56. The van der Waals surface area contributed by atoms with Gasteiger partial charge in [0.15, 0.2) is 0 Å². The normalized spacial score (nSPS) is 48.7. The molecule has 2 heterocycles. The van der Waals surface area contributed by atoms with Gasteiger partial charge in [-0.3, -0.25) is 0 Å². The quantitative estimate of drug-likeness (QED) is 0.761. The second kappa shape index (κ2) is 3.27. The minimum Gasteiger partial charge on any atom is -0.491 e. The van der Waals surface area contributed by atoms with Crippen LogP contribution in [0, 0.1) is 11.8 Å². The van der Waals surface area contributed by atoms with E-state index in [1.54, 1.807) is 6.26 Å². The van der Waals surface area contributed by atoms with Gasteiger partial charge < -0.3 is 14.6 Å². The highest BCUT2D eigenvalue weighted by atomic mass is 16.6. The predicted octanol–water partition coefficient (Wildman–Crippen LogP) is 2.25. The number of aliphatic hydroxyl groups is 1. The Labute approximate surface area is 103 Å². The lowest BCUT2D eigenvalue weighted by molar-refractivity contribution is -0.126. The number of rotatable bonds is 1. The number of hydrogen-bond acceptors (Lipinski definition) is 3. The summed E-state index contributed by atoms with van der Waals surface area (Å²) in [7, 11) is 0. The molecule has 3 rings (SSSR count). The van der Waals surface area contributed by atoms with Crippen LogP contribution in [0.2, 0.25) is 0 Å². The van der Waals surface area contributed by atoms with Crippen LogP contribution < -0.4 is 0 Å². The molecule has 4 unspecified atom stereocenters. The Hall–Kier alpha value is -0.540. The first kappa shape index (κ1) is 11.5. The van der Waals surface area contributed by atoms with Gasteiger partial charge in [0, 0.05) is 5.92 Å². The molecule has 1 saturated carbocycles. The maximum Gasteiger partial charge on any atom is 0.146 e. The molecule has 1 aliphatic carbocycles. The van der Waals surface area contributed by atoms with E-state index in [9.17, 15) is 5.11 Å². The van der Waals surface area contributed by atoms with E-state index >= 15 is 0 Å². The molecule has 2 aliphatic heterocycles. The summed E-state index contributed by atoms with van der Waals surface area (Å²) < 4.78 is 11.9. The summed E-state index contributed by atoms with van der Waals surface area (Å²) in [6.07, 6.45) is 6.88. The van der Waals surface area contributed by atoms with Crippen LogP contribution >= 0.6 is 0 Å². The van der Waals surface area contributed by atoms with Crippen LogP contribution in [0.15, 0.2) is 12.3 Å². The van der Waals surface area contributed by atoms with Crippen LogP contribution in [0.1, 0.15) is 40.0 Å². The monoisotopic (exact) mass is 238 g/mol. The van der Waals surface area contributed by atoms with Gasteiger partial charge in [0.05, 0.1) is 18.5 Å². The minimum atomic E-state index is -0.630. The van der Waals surface area contributed by atoms with Gasteiger partial charge in [-0.2, -0.15) is 0 Å². The molecule has 2 fully saturated rings. The van der Waals surface area contributed by atoms with Crippen molar-refractivity contribution in [3.05, 3.63) is 12.3 Å². The van der Waals surface area contributed by atoms with Crippen molar-refractivity contribution in [1.82, 2.24) is 0 Å². The van der Waals surface area contributed by atoms with E-state index in [-0.39, 0.29) is 11.2 Å². The first-order chi connectivity index (χ1) is 7.87. The summed E-state index contributed by atoms with van der Waals surface area (Å²) in [6, 6.07) is 0. The van der Waals surface area contributed by atoms with Crippen molar-refractivity contribution >= 4 is 0 Å². The molecular weight excluding hydrogens is 216 g/mol.